The van der Waals surface area contributed by atoms with Crippen LogP contribution in [0.4, 0.5) is 4.39 Å². The van der Waals surface area contributed by atoms with Gasteiger partial charge < -0.3 is 10.1 Å². The predicted octanol–water partition coefficient (Wildman–Crippen LogP) is 1.96. The molecule has 0 spiro atoms. The molecular formula is C12H16FNO2. The molecule has 0 bridgehead atoms. The molecule has 88 valence electrons. The van der Waals surface area contributed by atoms with Crippen molar-refractivity contribution in [3.63, 3.8) is 0 Å². The first-order chi connectivity index (χ1) is 7.60. The lowest BCUT2D eigenvalue weighted by molar-refractivity contribution is -0.145. The van der Waals surface area contributed by atoms with E-state index in [1.165, 1.54) is 6.07 Å². The summed E-state index contributed by atoms with van der Waals surface area (Å²) in [5, 5.41) is 2.85. The Hall–Kier alpha value is -1.42. The maximum atomic E-state index is 13.1. The number of hydrogen-bond donors (Lipinski definition) is 1. The number of benzene rings is 1. The van der Waals surface area contributed by atoms with Crippen molar-refractivity contribution in [2.75, 3.05) is 13.7 Å². The molecule has 1 aromatic carbocycles. The van der Waals surface area contributed by atoms with Gasteiger partial charge in [-0.05, 0) is 38.1 Å². The number of halogens is 1. The van der Waals surface area contributed by atoms with Gasteiger partial charge in [-0.25, -0.2) is 9.18 Å². The maximum absolute atomic E-state index is 13.1. The number of carbonyl (C=O) groups is 1. The molecule has 1 unspecified atom stereocenters. The summed E-state index contributed by atoms with van der Waals surface area (Å²) >= 11 is 0. The van der Waals surface area contributed by atoms with Gasteiger partial charge in [-0.15, -0.1) is 0 Å². The Labute approximate surface area is 94.6 Å². The van der Waals surface area contributed by atoms with Crippen molar-refractivity contribution in [1.82, 2.24) is 5.32 Å². The third-order valence-electron chi connectivity index (χ3n) is 2.33. The smallest absolute Gasteiger partial charge is 0.327 e. The fourth-order valence-electron chi connectivity index (χ4n) is 1.49. The molecule has 0 saturated carbocycles. The van der Waals surface area contributed by atoms with E-state index in [9.17, 15) is 9.18 Å². The summed E-state index contributed by atoms with van der Waals surface area (Å²) in [6, 6.07) is 4.04. The first kappa shape index (κ1) is 12.6. The van der Waals surface area contributed by atoms with Gasteiger partial charge in [0.15, 0.2) is 0 Å². The van der Waals surface area contributed by atoms with E-state index in [0.717, 1.165) is 0 Å². The van der Waals surface area contributed by atoms with Crippen LogP contribution in [-0.4, -0.2) is 19.6 Å². The van der Waals surface area contributed by atoms with Crippen LogP contribution in [-0.2, 0) is 9.53 Å². The molecule has 1 N–H and O–H groups in total. The van der Waals surface area contributed by atoms with Gasteiger partial charge in [-0.1, -0.05) is 12.1 Å². The molecule has 1 atom stereocenters. The van der Waals surface area contributed by atoms with Crippen LogP contribution in [0.3, 0.4) is 0 Å². The van der Waals surface area contributed by atoms with Gasteiger partial charge in [0.1, 0.15) is 11.9 Å². The quantitative estimate of drug-likeness (QED) is 0.796. The zero-order chi connectivity index (χ0) is 12.1. The summed E-state index contributed by atoms with van der Waals surface area (Å²) in [6.07, 6.45) is 0. The summed E-state index contributed by atoms with van der Waals surface area (Å²) in [4.78, 5) is 11.6. The number of likely N-dealkylation sites (N-methyl/N-ethyl adjacent to an activating group) is 1. The van der Waals surface area contributed by atoms with E-state index in [-0.39, 0.29) is 11.8 Å². The highest BCUT2D eigenvalue weighted by atomic mass is 19.1. The molecule has 0 aliphatic carbocycles. The van der Waals surface area contributed by atoms with Gasteiger partial charge in [0.25, 0.3) is 0 Å². The lowest BCUT2D eigenvalue weighted by Crippen LogP contribution is -2.27. The van der Waals surface area contributed by atoms with Crippen molar-refractivity contribution in [2.45, 2.75) is 19.9 Å². The predicted molar refractivity (Wildman–Crippen MR) is 59.6 cm³/mol. The normalized spacial score (nSPS) is 12.2. The number of ether oxygens (including phenoxy) is 1. The Kier molecular flexibility index (Phi) is 4.43. The number of esters is 1. The van der Waals surface area contributed by atoms with Crippen LogP contribution in [0.2, 0.25) is 0 Å². The van der Waals surface area contributed by atoms with Crippen LogP contribution in [0.1, 0.15) is 24.1 Å². The van der Waals surface area contributed by atoms with Crippen LogP contribution in [0.5, 0.6) is 0 Å². The van der Waals surface area contributed by atoms with Crippen LogP contribution in [0.25, 0.3) is 0 Å². The van der Waals surface area contributed by atoms with Crippen molar-refractivity contribution in [2.24, 2.45) is 0 Å². The third kappa shape index (κ3) is 2.79. The number of aryl methyl sites for hydroxylation is 1. The van der Waals surface area contributed by atoms with Crippen LogP contribution in [0.15, 0.2) is 18.2 Å². The highest BCUT2D eigenvalue weighted by Gasteiger charge is 2.20. The van der Waals surface area contributed by atoms with E-state index in [4.69, 9.17) is 4.74 Å². The SMILES string of the molecule is CCOC(=O)C(NC)c1ccc(F)c(C)c1. The fraction of sp³-hybridized carbons (Fsp3) is 0.417. The molecule has 16 heavy (non-hydrogen) atoms. The third-order valence-corrected chi connectivity index (χ3v) is 2.33. The van der Waals surface area contributed by atoms with Crippen molar-refractivity contribution < 1.29 is 13.9 Å². The van der Waals surface area contributed by atoms with Crippen molar-refractivity contribution in [3.8, 4) is 0 Å². The molecule has 0 heterocycles. The second-order valence-corrected chi connectivity index (χ2v) is 3.48. The highest BCUT2D eigenvalue weighted by molar-refractivity contribution is 5.77. The Morgan fingerprint density at radius 2 is 2.25 bits per heavy atom. The highest BCUT2D eigenvalue weighted by Crippen LogP contribution is 2.17. The first-order valence-electron chi connectivity index (χ1n) is 5.20. The van der Waals surface area contributed by atoms with E-state index >= 15 is 0 Å². The van der Waals surface area contributed by atoms with E-state index in [1.807, 2.05) is 0 Å². The molecule has 0 amide bonds. The minimum atomic E-state index is -0.542. The average molecular weight is 225 g/mol. The van der Waals surface area contributed by atoms with Crippen LogP contribution >= 0.6 is 0 Å². The molecule has 0 aromatic heterocycles. The van der Waals surface area contributed by atoms with E-state index in [0.29, 0.717) is 17.7 Å². The van der Waals surface area contributed by atoms with Gasteiger partial charge in [-0.2, -0.15) is 0 Å². The van der Waals surface area contributed by atoms with Crippen molar-refractivity contribution >= 4 is 5.97 Å². The Morgan fingerprint density at radius 3 is 2.75 bits per heavy atom. The zero-order valence-corrected chi connectivity index (χ0v) is 9.71. The summed E-state index contributed by atoms with van der Waals surface area (Å²) in [5.74, 6) is -0.626. The van der Waals surface area contributed by atoms with Crippen LogP contribution < -0.4 is 5.32 Å². The van der Waals surface area contributed by atoms with Gasteiger partial charge in [0.05, 0.1) is 6.61 Å². The van der Waals surface area contributed by atoms with E-state index in [1.54, 1.807) is 33.0 Å². The average Bonchev–Trinajstić information content (AvgIpc) is 2.25. The number of rotatable bonds is 4. The van der Waals surface area contributed by atoms with Crippen molar-refractivity contribution in [1.29, 1.82) is 0 Å². The van der Waals surface area contributed by atoms with Crippen molar-refractivity contribution in [3.05, 3.63) is 35.1 Å². The molecule has 0 radical (unpaired) electrons. The molecule has 0 aliphatic rings. The lowest BCUT2D eigenvalue weighted by Gasteiger charge is -2.15. The molecule has 4 heteroatoms. The number of carbonyl (C=O) groups excluding carboxylic acids is 1. The summed E-state index contributed by atoms with van der Waals surface area (Å²) < 4.78 is 18.0. The summed E-state index contributed by atoms with van der Waals surface area (Å²) in [6.45, 7) is 3.74. The minimum Gasteiger partial charge on any atom is -0.465 e. The summed E-state index contributed by atoms with van der Waals surface area (Å²) in [7, 11) is 1.67. The Bertz CT molecular complexity index is 379. The monoisotopic (exact) mass is 225 g/mol. The molecule has 0 fully saturated rings. The van der Waals surface area contributed by atoms with Gasteiger partial charge in [0.2, 0.25) is 0 Å². The summed E-state index contributed by atoms with van der Waals surface area (Å²) in [5.41, 5.74) is 1.22. The molecule has 0 aliphatic heterocycles. The Balaban J connectivity index is 2.95. The fourth-order valence-corrected chi connectivity index (χ4v) is 1.49. The maximum Gasteiger partial charge on any atom is 0.327 e. The minimum absolute atomic E-state index is 0.275. The zero-order valence-electron chi connectivity index (χ0n) is 9.71. The Morgan fingerprint density at radius 1 is 1.56 bits per heavy atom. The number of nitrogens with one attached hydrogen (secondary N) is 1. The van der Waals surface area contributed by atoms with E-state index < -0.39 is 6.04 Å². The molecular weight excluding hydrogens is 209 g/mol. The van der Waals surface area contributed by atoms with Gasteiger partial charge >= 0.3 is 5.97 Å². The molecule has 0 saturated heterocycles. The standard InChI is InChI=1S/C12H16FNO2/c1-4-16-12(15)11(14-3)9-5-6-10(13)8(2)7-9/h5-7,11,14H,4H2,1-3H3. The van der Waals surface area contributed by atoms with E-state index in [2.05, 4.69) is 5.32 Å². The molecule has 1 aromatic rings. The topological polar surface area (TPSA) is 38.3 Å². The largest absolute Gasteiger partial charge is 0.465 e. The molecule has 1 rings (SSSR count). The lowest BCUT2D eigenvalue weighted by atomic mass is 10.0. The van der Waals surface area contributed by atoms with Crippen LogP contribution in [0, 0.1) is 12.7 Å². The van der Waals surface area contributed by atoms with Gasteiger partial charge in [0, 0.05) is 0 Å². The second kappa shape index (κ2) is 5.61. The second-order valence-electron chi connectivity index (χ2n) is 3.48. The molecule has 3 nitrogen and oxygen atoms in total. The first-order valence-corrected chi connectivity index (χ1v) is 5.20. The number of hydrogen-bond acceptors (Lipinski definition) is 3. The van der Waals surface area contributed by atoms with Gasteiger partial charge in [-0.3, -0.25) is 0 Å².